The van der Waals surface area contributed by atoms with Crippen molar-refractivity contribution >= 4 is 19.9 Å². The van der Waals surface area contributed by atoms with Gasteiger partial charge in [0.1, 0.15) is 9.84 Å². The molecule has 0 aliphatic carbocycles. The number of nitrogens with zero attached hydrogens (tertiary/aromatic N) is 1. The van der Waals surface area contributed by atoms with Gasteiger partial charge in [-0.15, -0.1) is 0 Å². The summed E-state index contributed by atoms with van der Waals surface area (Å²) in [5.41, 5.74) is 5.36. The van der Waals surface area contributed by atoms with Crippen molar-refractivity contribution in [1.82, 2.24) is 4.31 Å². The first-order valence-corrected chi connectivity index (χ1v) is 9.25. The van der Waals surface area contributed by atoms with Gasteiger partial charge in [0.25, 0.3) is 0 Å². The van der Waals surface area contributed by atoms with Crippen LogP contribution in [0.4, 0.5) is 0 Å². The van der Waals surface area contributed by atoms with E-state index in [0.717, 1.165) is 19.1 Å². The van der Waals surface area contributed by atoms with Gasteiger partial charge in [-0.05, 0) is 6.42 Å². The molecular weight excluding hydrogens is 264 g/mol. The standard InChI is InChI=1S/C9H22N2O4S2/c1-3-4-6-11(7-5-10)17(14,15)9-8-16(2,12)13/h3-10H2,1-2H3. The molecule has 0 heterocycles. The molecule has 0 unspecified atom stereocenters. The maximum Gasteiger partial charge on any atom is 0.215 e. The van der Waals surface area contributed by atoms with E-state index in [1.165, 1.54) is 4.31 Å². The van der Waals surface area contributed by atoms with Gasteiger partial charge in [-0.25, -0.2) is 21.1 Å². The van der Waals surface area contributed by atoms with Crippen LogP contribution in [0.5, 0.6) is 0 Å². The van der Waals surface area contributed by atoms with Crippen molar-refractivity contribution in [2.45, 2.75) is 19.8 Å². The highest BCUT2D eigenvalue weighted by atomic mass is 32.2. The highest BCUT2D eigenvalue weighted by Gasteiger charge is 2.22. The predicted octanol–water partition coefficient (Wildman–Crippen LogP) is -0.578. The van der Waals surface area contributed by atoms with Crippen molar-refractivity contribution in [2.75, 3.05) is 37.4 Å². The minimum atomic E-state index is -3.52. The first-order chi connectivity index (χ1) is 7.73. The first kappa shape index (κ1) is 16.8. The van der Waals surface area contributed by atoms with E-state index in [1.807, 2.05) is 6.92 Å². The summed E-state index contributed by atoms with van der Waals surface area (Å²) in [7, 11) is -6.78. The minimum absolute atomic E-state index is 0.238. The first-order valence-electron chi connectivity index (χ1n) is 5.58. The average molecular weight is 286 g/mol. The number of nitrogens with two attached hydrogens (primary N) is 1. The topological polar surface area (TPSA) is 97.5 Å². The summed E-state index contributed by atoms with van der Waals surface area (Å²) in [6.07, 6.45) is 2.66. The summed E-state index contributed by atoms with van der Waals surface area (Å²) >= 11 is 0. The van der Waals surface area contributed by atoms with Crippen molar-refractivity contribution in [2.24, 2.45) is 5.73 Å². The zero-order valence-electron chi connectivity index (χ0n) is 10.4. The lowest BCUT2D eigenvalue weighted by Gasteiger charge is -2.20. The average Bonchev–Trinajstić information content (AvgIpc) is 2.20. The van der Waals surface area contributed by atoms with Gasteiger partial charge in [-0.3, -0.25) is 0 Å². The van der Waals surface area contributed by atoms with Gasteiger partial charge in [0, 0.05) is 25.9 Å². The molecule has 6 nitrogen and oxygen atoms in total. The summed E-state index contributed by atoms with van der Waals surface area (Å²) in [6, 6.07) is 0. The summed E-state index contributed by atoms with van der Waals surface area (Å²) in [4.78, 5) is 0. The molecule has 0 aromatic carbocycles. The van der Waals surface area contributed by atoms with Crippen LogP contribution < -0.4 is 5.73 Å². The molecule has 17 heavy (non-hydrogen) atoms. The molecule has 0 atom stereocenters. The number of sulfone groups is 1. The molecule has 0 rings (SSSR count). The Kier molecular flexibility index (Phi) is 7.22. The molecule has 0 fully saturated rings. The van der Waals surface area contributed by atoms with Crippen LogP contribution in [-0.2, 0) is 19.9 Å². The van der Waals surface area contributed by atoms with E-state index in [0.29, 0.717) is 6.54 Å². The third kappa shape index (κ3) is 7.69. The molecule has 0 bridgehead atoms. The number of rotatable bonds is 9. The Morgan fingerprint density at radius 1 is 1.06 bits per heavy atom. The Morgan fingerprint density at radius 3 is 2.06 bits per heavy atom. The quantitative estimate of drug-likeness (QED) is 0.611. The molecule has 0 saturated carbocycles. The van der Waals surface area contributed by atoms with Gasteiger partial charge in [0.2, 0.25) is 10.0 Å². The lowest BCUT2D eigenvalue weighted by atomic mass is 10.3. The maximum absolute atomic E-state index is 11.9. The van der Waals surface area contributed by atoms with Crippen LogP contribution in [0, 0.1) is 0 Å². The zero-order chi connectivity index (χ0) is 13.5. The van der Waals surface area contributed by atoms with Crippen LogP contribution in [-0.4, -0.2) is 58.5 Å². The summed E-state index contributed by atoms with van der Waals surface area (Å²) < 4.78 is 47.0. The fourth-order valence-corrected chi connectivity index (χ4v) is 4.36. The van der Waals surface area contributed by atoms with Gasteiger partial charge in [-0.2, -0.15) is 0 Å². The van der Waals surface area contributed by atoms with E-state index in [1.54, 1.807) is 0 Å². The largest absolute Gasteiger partial charge is 0.329 e. The molecular formula is C9H22N2O4S2. The second-order valence-electron chi connectivity index (χ2n) is 3.99. The fourth-order valence-electron chi connectivity index (χ4n) is 1.25. The smallest absolute Gasteiger partial charge is 0.215 e. The number of hydrogen-bond acceptors (Lipinski definition) is 5. The van der Waals surface area contributed by atoms with Crippen LogP contribution in [0.25, 0.3) is 0 Å². The van der Waals surface area contributed by atoms with Crippen LogP contribution in [0.2, 0.25) is 0 Å². The van der Waals surface area contributed by atoms with Gasteiger partial charge < -0.3 is 5.73 Å². The van der Waals surface area contributed by atoms with Gasteiger partial charge in [0.05, 0.1) is 11.5 Å². The molecule has 0 aliphatic rings. The van der Waals surface area contributed by atoms with Crippen LogP contribution in [0.15, 0.2) is 0 Å². The molecule has 0 aromatic heterocycles. The van der Waals surface area contributed by atoms with Crippen LogP contribution >= 0.6 is 0 Å². The summed E-state index contributed by atoms with van der Waals surface area (Å²) in [5.74, 6) is -0.710. The Labute approximate surface area is 104 Å². The lowest BCUT2D eigenvalue weighted by Crippen LogP contribution is -2.39. The van der Waals surface area contributed by atoms with Crippen molar-refractivity contribution in [1.29, 1.82) is 0 Å². The maximum atomic E-state index is 11.9. The molecule has 0 saturated heterocycles. The third-order valence-corrected chi connectivity index (χ3v) is 5.32. The monoisotopic (exact) mass is 286 g/mol. The second kappa shape index (κ2) is 7.30. The van der Waals surface area contributed by atoms with Crippen molar-refractivity contribution in [3.63, 3.8) is 0 Å². The zero-order valence-corrected chi connectivity index (χ0v) is 12.1. The molecule has 0 amide bonds. The molecule has 0 radical (unpaired) electrons. The SMILES string of the molecule is CCCCN(CCN)S(=O)(=O)CCS(C)(=O)=O. The van der Waals surface area contributed by atoms with E-state index in [-0.39, 0.29) is 24.6 Å². The van der Waals surface area contributed by atoms with Crippen molar-refractivity contribution in [3.8, 4) is 0 Å². The Balaban J connectivity index is 4.59. The fraction of sp³-hybridized carbons (Fsp3) is 1.00. The molecule has 8 heteroatoms. The van der Waals surface area contributed by atoms with E-state index in [4.69, 9.17) is 5.73 Å². The van der Waals surface area contributed by atoms with Gasteiger partial charge >= 0.3 is 0 Å². The Bertz CT molecular complexity index is 403. The molecule has 104 valence electrons. The normalized spacial score (nSPS) is 13.2. The summed E-state index contributed by atoms with van der Waals surface area (Å²) in [6.45, 7) is 2.84. The van der Waals surface area contributed by atoms with Gasteiger partial charge in [0.15, 0.2) is 0 Å². The second-order valence-corrected chi connectivity index (χ2v) is 8.34. The van der Waals surface area contributed by atoms with E-state index in [2.05, 4.69) is 0 Å². The van der Waals surface area contributed by atoms with E-state index < -0.39 is 19.9 Å². The lowest BCUT2D eigenvalue weighted by molar-refractivity contribution is 0.411. The summed E-state index contributed by atoms with van der Waals surface area (Å²) in [5, 5.41) is 0. The molecule has 0 aliphatic heterocycles. The molecule has 2 N–H and O–H groups in total. The van der Waals surface area contributed by atoms with E-state index in [9.17, 15) is 16.8 Å². The number of unbranched alkanes of at least 4 members (excludes halogenated alkanes) is 1. The van der Waals surface area contributed by atoms with Crippen molar-refractivity contribution in [3.05, 3.63) is 0 Å². The molecule has 0 aromatic rings. The number of sulfonamides is 1. The van der Waals surface area contributed by atoms with Crippen LogP contribution in [0.3, 0.4) is 0 Å². The Hall–Kier alpha value is -0.180. The van der Waals surface area contributed by atoms with Crippen molar-refractivity contribution < 1.29 is 16.8 Å². The van der Waals surface area contributed by atoms with Gasteiger partial charge in [-0.1, -0.05) is 13.3 Å². The minimum Gasteiger partial charge on any atom is -0.329 e. The predicted molar refractivity (Wildman–Crippen MR) is 69.0 cm³/mol. The van der Waals surface area contributed by atoms with Crippen LogP contribution in [0.1, 0.15) is 19.8 Å². The number of hydrogen-bond donors (Lipinski definition) is 1. The highest BCUT2D eigenvalue weighted by Crippen LogP contribution is 2.04. The Morgan fingerprint density at radius 2 is 1.65 bits per heavy atom. The van der Waals surface area contributed by atoms with E-state index >= 15 is 0 Å². The highest BCUT2D eigenvalue weighted by molar-refractivity contribution is 7.93. The third-order valence-electron chi connectivity index (χ3n) is 2.25. The molecule has 0 spiro atoms.